The lowest BCUT2D eigenvalue weighted by molar-refractivity contribution is -0.146. The van der Waals surface area contributed by atoms with Crippen LogP contribution >= 0.6 is 11.6 Å². The van der Waals surface area contributed by atoms with E-state index in [1.165, 1.54) is 4.90 Å². The molecule has 0 amide bonds. The SMILES string of the molecule is CCN(CCC(O)c1ccc(Cl)cc1)CC(F)(F)F. The van der Waals surface area contributed by atoms with E-state index in [-0.39, 0.29) is 13.0 Å². The van der Waals surface area contributed by atoms with Crippen LogP contribution in [0.2, 0.25) is 5.02 Å². The summed E-state index contributed by atoms with van der Waals surface area (Å²) in [5, 5.41) is 10.5. The van der Waals surface area contributed by atoms with Gasteiger partial charge in [-0.15, -0.1) is 0 Å². The van der Waals surface area contributed by atoms with Crippen LogP contribution in [0.3, 0.4) is 0 Å². The van der Waals surface area contributed by atoms with Crippen molar-refractivity contribution in [1.29, 1.82) is 0 Å². The summed E-state index contributed by atoms with van der Waals surface area (Å²) in [6, 6.07) is 6.64. The van der Waals surface area contributed by atoms with Crippen LogP contribution in [0.4, 0.5) is 13.2 Å². The van der Waals surface area contributed by atoms with Gasteiger partial charge in [-0.2, -0.15) is 13.2 Å². The molecule has 0 aromatic heterocycles. The Morgan fingerprint density at radius 2 is 1.84 bits per heavy atom. The zero-order valence-electron chi connectivity index (χ0n) is 10.6. The highest BCUT2D eigenvalue weighted by Gasteiger charge is 2.30. The molecule has 0 heterocycles. The van der Waals surface area contributed by atoms with Gasteiger partial charge in [-0.1, -0.05) is 30.7 Å². The van der Waals surface area contributed by atoms with Crippen molar-refractivity contribution in [3.05, 3.63) is 34.9 Å². The summed E-state index contributed by atoms with van der Waals surface area (Å²) < 4.78 is 36.8. The normalized spacial score (nSPS) is 13.8. The predicted octanol–water partition coefficient (Wildman–Crippen LogP) is 3.65. The Morgan fingerprint density at radius 1 is 1.26 bits per heavy atom. The number of rotatable bonds is 6. The molecule has 1 atom stereocenters. The zero-order chi connectivity index (χ0) is 14.5. The van der Waals surface area contributed by atoms with Crippen LogP contribution in [0.1, 0.15) is 25.0 Å². The highest BCUT2D eigenvalue weighted by Crippen LogP contribution is 2.21. The first-order valence-corrected chi connectivity index (χ1v) is 6.42. The van der Waals surface area contributed by atoms with Crippen molar-refractivity contribution < 1.29 is 18.3 Å². The molecule has 0 spiro atoms. The average molecular weight is 296 g/mol. The quantitative estimate of drug-likeness (QED) is 0.866. The number of aliphatic hydroxyl groups is 1. The third kappa shape index (κ3) is 6.27. The van der Waals surface area contributed by atoms with Crippen LogP contribution in [0.5, 0.6) is 0 Å². The van der Waals surface area contributed by atoms with Crippen molar-refractivity contribution in [3.63, 3.8) is 0 Å². The molecule has 0 saturated heterocycles. The molecule has 0 aliphatic heterocycles. The lowest BCUT2D eigenvalue weighted by atomic mass is 10.1. The van der Waals surface area contributed by atoms with Gasteiger partial charge in [0.05, 0.1) is 12.6 Å². The zero-order valence-corrected chi connectivity index (χ0v) is 11.4. The number of halogens is 4. The minimum absolute atomic E-state index is 0.194. The van der Waals surface area contributed by atoms with E-state index in [2.05, 4.69) is 0 Å². The maximum atomic E-state index is 12.3. The van der Waals surface area contributed by atoms with Gasteiger partial charge in [0.25, 0.3) is 0 Å². The molecule has 19 heavy (non-hydrogen) atoms. The van der Waals surface area contributed by atoms with Gasteiger partial charge in [-0.3, -0.25) is 4.90 Å². The first kappa shape index (κ1) is 16.3. The lowest BCUT2D eigenvalue weighted by Gasteiger charge is -2.23. The van der Waals surface area contributed by atoms with Gasteiger partial charge in [0.15, 0.2) is 0 Å². The lowest BCUT2D eigenvalue weighted by Crippen LogP contribution is -2.35. The molecule has 1 N–H and O–H groups in total. The van der Waals surface area contributed by atoms with Crippen molar-refractivity contribution >= 4 is 11.6 Å². The first-order valence-electron chi connectivity index (χ1n) is 6.04. The highest BCUT2D eigenvalue weighted by atomic mass is 35.5. The molecule has 0 fully saturated rings. The predicted molar refractivity (Wildman–Crippen MR) is 69.2 cm³/mol. The molecule has 108 valence electrons. The Kier molecular flexibility index (Phi) is 6.10. The van der Waals surface area contributed by atoms with Crippen LogP contribution in [0, 0.1) is 0 Å². The fourth-order valence-corrected chi connectivity index (χ4v) is 1.88. The Hall–Kier alpha value is -0.780. The fourth-order valence-electron chi connectivity index (χ4n) is 1.76. The van der Waals surface area contributed by atoms with Crippen molar-refractivity contribution in [2.45, 2.75) is 25.6 Å². The first-order chi connectivity index (χ1) is 8.81. The largest absolute Gasteiger partial charge is 0.401 e. The Labute approximate surface area is 115 Å². The van der Waals surface area contributed by atoms with Crippen LogP contribution in [-0.4, -0.2) is 35.8 Å². The second kappa shape index (κ2) is 7.12. The molecule has 1 unspecified atom stereocenters. The molecule has 0 saturated carbocycles. The summed E-state index contributed by atoms with van der Waals surface area (Å²) in [5.41, 5.74) is 0.660. The topological polar surface area (TPSA) is 23.5 Å². The van der Waals surface area contributed by atoms with Crippen molar-refractivity contribution in [3.8, 4) is 0 Å². The van der Waals surface area contributed by atoms with Gasteiger partial charge in [-0.25, -0.2) is 0 Å². The molecule has 0 bridgehead atoms. The van der Waals surface area contributed by atoms with Crippen LogP contribution in [-0.2, 0) is 0 Å². The second-order valence-corrected chi connectivity index (χ2v) is 4.78. The molecule has 0 aliphatic carbocycles. The van der Waals surface area contributed by atoms with Gasteiger partial charge >= 0.3 is 6.18 Å². The summed E-state index contributed by atoms with van der Waals surface area (Å²) in [6.45, 7) is 1.21. The molecule has 1 aromatic rings. The molecule has 1 aromatic carbocycles. The van der Waals surface area contributed by atoms with E-state index < -0.39 is 18.8 Å². The standard InChI is InChI=1S/C13H17ClF3NO/c1-2-18(9-13(15,16)17)8-7-12(19)10-3-5-11(14)6-4-10/h3-6,12,19H,2,7-9H2,1H3. The van der Waals surface area contributed by atoms with Crippen LogP contribution in [0.15, 0.2) is 24.3 Å². The van der Waals surface area contributed by atoms with E-state index in [4.69, 9.17) is 11.6 Å². The Morgan fingerprint density at radius 3 is 2.32 bits per heavy atom. The third-order valence-corrected chi connectivity index (χ3v) is 3.08. The molecule has 1 rings (SSSR count). The second-order valence-electron chi connectivity index (χ2n) is 4.34. The smallest absolute Gasteiger partial charge is 0.388 e. The van der Waals surface area contributed by atoms with Gasteiger partial charge in [0.2, 0.25) is 0 Å². The number of benzene rings is 1. The summed E-state index contributed by atoms with van der Waals surface area (Å²) in [6.07, 6.45) is -4.73. The minimum Gasteiger partial charge on any atom is -0.388 e. The summed E-state index contributed by atoms with van der Waals surface area (Å²) in [7, 11) is 0. The number of nitrogens with zero attached hydrogens (tertiary/aromatic N) is 1. The summed E-state index contributed by atoms with van der Waals surface area (Å²) in [5.74, 6) is 0. The van der Waals surface area contributed by atoms with E-state index in [1.54, 1.807) is 31.2 Å². The number of hydrogen-bond donors (Lipinski definition) is 1. The minimum atomic E-state index is -4.21. The summed E-state index contributed by atoms with van der Waals surface area (Å²) >= 11 is 5.72. The van der Waals surface area contributed by atoms with Gasteiger partial charge in [0, 0.05) is 11.6 Å². The fraction of sp³-hybridized carbons (Fsp3) is 0.538. The maximum Gasteiger partial charge on any atom is 0.401 e. The van der Waals surface area contributed by atoms with Crippen molar-refractivity contribution in [2.24, 2.45) is 0 Å². The van der Waals surface area contributed by atoms with Crippen LogP contribution in [0.25, 0.3) is 0 Å². The third-order valence-electron chi connectivity index (χ3n) is 2.82. The van der Waals surface area contributed by atoms with Crippen LogP contribution < -0.4 is 0 Å². The van der Waals surface area contributed by atoms with Crippen molar-refractivity contribution in [2.75, 3.05) is 19.6 Å². The molecular formula is C13H17ClF3NO. The van der Waals surface area contributed by atoms with E-state index >= 15 is 0 Å². The molecule has 2 nitrogen and oxygen atoms in total. The summed E-state index contributed by atoms with van der Waals surface area (Å²) in [4.78, 5) is 1.26. The van der Waals surface area contributed by atoms with Gasteiger partial charge in [-0.05, 0) is 30.7 Å². The molecule has 0 radical (unpaired) electrons. The van der Waals surface area contributed by atoms with Gasteiger partial charge < -0.3 is 5.11 Å². The molecule has 6 heteroatoms. The maximum absolute atomic E-state index is 12.3. The van der Waals surface area contributed by atoms with E-state index in [0.29, 0.717) is 17.1 Å². The monoisotopic (exact) mass is 295 g/mol. The highest BCUT2D eigenvalue weighted by molar-refractivity contribution is 6.30. The van der Waals surface area contributed by atoms with E-state index in [9.17, 15) is 18.3 Å². The average Bonchev–Trinajstić information content (AvgIpc) is 2.33. The van der Waals surface area contributed by atoms with Crippen molar-refractivity contribution in [1.82, 2.24) is 4.90 Å². The van der Waals surface area contributed by atoms with E-state index in [0.717, 1.165) is 0 Å². The van der Waals surface area contributed by atoms with Gasteiger partial charge in [0.1, 0.15) is 0 Å². The number of alkyl halides is 3. The number of aliphatic hydroxyl groups excluding tert-OH is 1. The van der Waals surface area contributed by atoms with E-state index in [1.807, 2.05) is 0 Å². The Bertz CT molecular complexity index is 380. The molecular weight excluding hydrogens is 279 g/mol. The number of hydrogen-bond acceptors (Lipinski definition) is 2. The Balaban J connectivity index is 2.48. The molecule has 0 aliphatic rings.